The lowest BCUT2D eigenvalue weighted by Gasteiger charge is -2.38. The first-order chi connectivity index (χ1) is 9.93. The number of carboxylic acids is 1. The van der Waals surface area contributed by atoms with Crippen LogP contribution in [-0.2, 0) is 9.53 Å². The number of anilines is 1. The Morgan fingerprint density at radius 2 is 2.14 bits per heavy atom. The summed E-state index contributed by atoms with van der Waals surface area (Å²) >= 11 is 0. The molecule has 1 aliphatic heterocycles. The largest absolute Gasteiger partial charge is 0.480 e. The van der Waals surface area contributed by atoms with Gasteiger partial charge in [-0.15, -0.1) is 0 Å². The van der Waals surface area contributed by atoms with E-state index in [4.69, 9.17) is 0 Å². The maximum atomic E-state index is 11.6. The molecule has 1 aromatic heterocycles. The lowest BCUT2D eigenvalue weighted by molar-refractivity contribution is -0.140. The molecule has 0 aliphatic carbocycles. The van der Waals surface area contributed by atoms with E-state index in [0.29, 0.717) is 18.1 Å². The van der Waals surface area contributed by atoms with Crippen LogP contribution in [0.3, 0.4) is 0 Å². The maximum Gasteiger partial charge on any atom is 0.376 e. The van der Waals surface area contributed by atoms with Crippen LogP contribution < -0.4 is 4.90 Å². The highest BCUT2D eigenvalue weighted by Crippen LogP contribution is 2.28. The van der Waals surface area contributed by atoms with Crippen LogP contribution in [0.25, 0.3) is 0 Å². The number of carbonyl (C=O) groups is 2. The molecule has 7 heteroatoms. The number of esters is 1. The zero-order chi connectivity index (χ0) is 15.6. The van der Waals surface area contributed by atoms with Gasteiger partial charge in [-0.25, -0.2) is 19.6 Å². The van der Waals surface area contributed by atoms with E-state index in [1.807, 2.05) is 6.92 Å². The molecule has 0 saturated carbocycles. The van der Waals surface area contributed by atoms with Gasteiger partial charge in [0.05, 0.1) is 7.11 Å². The van der Waals surface area contributed by atoms with E-state index in [9.17, 15) is 14.7 Å². The van der Waals surface area contributed by atoms with Gasteiger partial charge in [0.1, 0.15) is 11.9 Å². The number of hydrogen-bond donors (Lipinski definition) is 1. The minimum atomic E-state index is -0.877. The first-order valence-electron chi connectivity index (χ1n) is 6.87. The molecule has 0 aromatic carbocycles. The molecule has 1 saturated heterocycles. The normalized spacial score (nSPS) is 22.0. The molecule has 2 atom stereocenters. The summed E-state index contributed by atoms with van der Waals surface area (Å²) in [6.45, 7) is 4.25. The number of carbonyl (C=O) groups excluding carboxylic acids is 1. The van der Waals surface area contributed by atoms with Crippen LogP contribution in [0.1, 0.15) is 36.1 Å². The Balaban J connectivity index is 2.41. The third kappa shape index (κ3) is 3.12. The summed E-state index contributed by atoms with van der Waals surface area (Å²) in [5.74, 6) is -1.07. The molecule has 1 N–H and O–H groups in total. The van der Waals surface area contributed by atoms with Crippen LogP contribution in [0.2, 0.25) is 0 Å². The number of aliphatic carboxylic acids is 1. The van der Waals surface area contributed by atoms with Crippen molar-refractivity contribution >= 4 is 17.8 Å². The molecule has 0 bridgehead atoms. The Hall–Kier alpha value is -2.18. The second kappa shape index (κ2) is 6.07. The Labute approximate surface area is 123 Å². The van der Waals surface area contributed by atoms with Crippen molar-refractivity contribution in [3.8, 4) is 0 Å². The molecule has 114 valence electrons. The number of aryl methyl sites for hydroxylation is 1. The Morgan fingerprint density at radius 1 is 1.43 bits per heavy atom. The van der Waals surface area contributed by atoms with Gasteiger partial charge < -0.3 is 14.7 Å². The van der Waals surface area contributed by atoms with Crippen molar-refractivity contribution < 1.29 is 19.4 Å². The quantitative estimate of drug-likeness (QED) is 0.838. The van der Waals surface area contributed by atoms with Gasteiger partial charge in [0.2, 0.25) is 5.82 Å². The van der Waals surface area contributed by atoms with Crippen LogP contribution in [0.5, 0.6) is 0 Å². The van der Waals surface area contributed by atoms with Crippen LogP contribution in [0, 0.1) is 12.8 Å². The van der Waals surface area contributed by atoms with Gasteiger partial charge in [0.25, 0.3) is 0 Å². The van der Waals surface area contributed by atoms with E-state index in [1.165, 1.54) is 7.11 Å². The van der Waals surface area contributed by atoms with E-state index in [-0.39, 0.29) is 11.7 Å². The fraction of sp³-hybridized carbons (Fsp3) is 0.571. The molecule has 0 spiro atoms. The van der Waals surface area contributed by atoms with Gasteiger partial charge in [0, 0.05) is 18.3 Å². The maximum absolute atomic E-state index is 11.6. The van der Waals surface area contributed by atoms with Crippen molar-refractivity contribution in [3.63, 3.8) is 0 Å². The number of methoxy groups -OCH3 is 1. The number of rotatable bonds is 3. The smallest absolute Gasteiger partial charge is 0.376 e. The second-order valence-electron chi connectivity index (χ2n) is 5.28. The summed E-state index contributed by atoms with van der Waals surface area (Å²) in [5.41, 5.74) is 0.600. The molecular formula is C14H19N3O4. The van der Waals surface area contributed by atoms with Gasteiger partial charge in [-0.2, -0.15) is 0 Å². The molecular weight excluding hydrogens is 274 g/mol. The van der Waals surface area contributed by atoms with Crippen LogP contribution in [0.15, 0.2) is 6.07 Å². The molecule has 0 amide bonds. The number of hydrogen-bond acceptors (Lipinski definition) is 6. The van der Waals surface area contributed by atoms with Gasteiger partial charge in [-0.1, -0.05) is 6.92 Å². The number of aromatic nitrogens is 2. The van der Waals surface area contributed by atoms with Gasteiger partial charge >= 0.3 is 11.9 Å². The van der Waals surface area contributed by atoms with E-state index in [1.54, 1.807) is 17.9 Å². The van der Waals surface area contributed by atoms with Crippen LogP contribution in [-0.4, -0.2) is 46.7 Å². The Morgan fingerprint density at radius 3 is 2.76 bits per heavy atom. The topological polar surface area (TPSA) is 92.6 Å². The molecule has 2 unspecified atom stereocenters. The van der Waals surface area contributed by atoms with Crippen LogP contribution >= 0.6 is 0 Å². The van der Waals surface area contributed by atoms with Gasteiger partial charge in [0.15, 0.2) is 0 Å². The summed E-state index contributed by atoms with van der Waals surface area (Å²) in [6.07, 6.45) is 1.75. The molecule has 1 aliphatic rings. The minimum absolute atomic E-state index is 0.0214. The average molecular weight is 293 g/mol. The highest BCUT2D eigenvalue weighted by atomic mass is 16.5. The lowest BCUT2D eigenvalue weighted by atomic mass is 9.91. The number of piperidine rings is 1. The molecule has 7 nitrogen and oxygen atoms in total. The minimum Gasteiger partial charge on any atom is -0.480 e. The molecule has 1 aromatic rings. The number of nitrogens with zero attached hydrogens (tertiary/aromatic N) is 3. The first kappa shape index (κ1) is 15.2. The fourth-order valence-electron chi connectivity index (χ4n) is 2.70. The second-order valence-corrected chi connectivity index (χ2v) is 5.28. The van der Waals surface area contributed by atoms with Gasteiger partial charge in [-0.05, 0) is 25.7 Å². The predicted octanol–water partition coefficient (Wildman–Crippen LogP) is 1.26. The van der Waals surface area contributed by atoms with Crippen molar-refractivity contribution in [2.45, 2.75) is 32.7 Å². The summed E-state index contributed by atoms with van der Waals surface area (Å²) in [6, 6.07) is 1.05. The highest BCUT2D eigenvalue weighted by molar-refractivity contribution is 5.86. The monoisotopic (exact) mass is 293 g/mol. The zero-order valence-electron chi connectivity index (χ0n) is 12.4. The third-order valence-electron chi connectivity index (χ3n) is 3.69. The first-order valence-corrected chi connectivity index (χ1v) is 6.87. The van der Waals surface area contributed by atoms with Crippen molar-refractivity contribution in [2.75, 3.05) is 18.6 Å². The molecule has 1 fully saturated rings. The zero-order valence-corrected chi connectivity index (χ0v) is 12.4. The summed E-state index contributed by atoms with van der Waals surface area (Å²) in [4.78, 5) is 33.1. The van der Waals surface area contributed by atoms with Crippen molar-refractivity contribution in [3.05, 3.63) is 17.6 Å². The Kier molecular flexibility index (Phi) is 4.40. The van der Waals surface area contributed by atoms with E-state index >= 15 is 0 Å². The third-order valence-corrected chi connectivity index (χ3v) is 3.69. The predicted molar refractivity (Wildman–Crippen MR) is 75.3 cm³/mol. The number of carboxylic acid groups (broad SMARTS) is 1. The van der Waals surface area contributed by atoms with Crippen molar-refractivity contribution in [1.82, 2.24) is 9.97 Å². The molecule has 0 radical (unpaired) electrons. The Bertz CT molecular complexity index is 561. The lowest BCUT2D eigenvalue weighted by Crippen LogP contribution is -2.50. The van der Waals surface area contributed by atoms with Crippen molar-refractivity contribution in [1.29, 1.82) is 0 Å². The standard InChI is InChI=1S/C14H19N3O4/c1-8-5-4-6-17(11(8)13(18)19)10-7-9(2)15-12(16-10)14(20)21-3/h7-8,11H,4-6H2,1-3H3,(H,18,19). The number of ether oxygens (including phenoxy) is 1. The summed E-state index contributed by atoms with van der Waals surface area (Å²) in [7, 11) is 1.26. The average Bonchev–Trinajstić information content (AvgIpc) is 2.45. The summed E-state index contributed by atoms with van der Waals surface area (Å²) in [5, 5.41) is 9.46. The van der Waals surface area contributed by atoms with Crippen LogP contribution in [0.4, 0.5) is 5.82 Å². The molecule has 21 heavy (non-hydrogen) atoms. The molecule has 2 heterocycles. The fourth-order valence-corrected chi connectivity index (χ4v) is 2.70. The van der Waals surface area contributed by atoms with Gasteiger partial charge in [-0.3, -0.25) is 0 Å². The highest BCUT2D eigenvalue weighted by Gasteiger charge is 2.35. The SMILES string of the molecule is COC(=O)c1nc(C)cc(N2CCCC(C)C2C(=O)O)n1. The van der Waals surface area contributed by atoms with E-state index < -0.39 is 18.0 Å². The van der Waals surface area contributed by atoms with E-state index in [0.717, 1.165) is 12.8 Å². The molecule has 2 rings (SSSR count). The summed E-state index contributed by atoms with van der Waals surface area (Å²) < 4.78 is 4.63. The van der Waals surface area contributed by atoms with E-state index in [2.05, 4.69) is 14.7 Å². The van der Waals surface area contributed by atoms with Crippen molar-refractivity contribution in [2.24, 2.45) is 5.92 Å².